The van der Waals surface area contributed by atoms with Gasteiger partial charge in [0.2, 0.25) is 0 Å². The minimum atomic E-state index is -0.839. The fourth-order valence-electron chi connectivity index (χ4n) is 2.89. The van der Waals surface area contributed by atoms with E-state index in [9.17, 15) is 9.59 Å². The first-order valence-corrected chi connectivity index (χ1v) is 7.08. The van der Waals surface area contributed by atoms with Gasteiger partial charge in [-0.1, -0.05) is 18.2 Å². The molecule has 0 aliphatic carbocycles. The Bertz CT molecular complexity index is 703. The number of hydrogen-bond acceptors (Lipinski definition) is 3. The van der Waals surface area contributed by atoms with Crippen molar-refractivity contribution >= 4 is 22.8 Å². The summed E-state index contributed by atoms with van der Waals surface area (Å²) in [5.41, 5.74) is 1.50. The van der Waals surface area contributed by atoms with Gasteiger partial charge in [-0.15, -0.1) is 0 Å². The Morgan fingerprint density at radius 2 is 2.10 bits per heavy atom. The molecule has 3 rings (SSSR count). The summed E-state index contributed by atoms with van der Waals surface area (Å²) in [6.07, 6.45) is 1.33. The molecule has 110 valence electrons. The van der Waals surface area contributed by atoms with Crippen LogP contribution >= 0.6 is 0 Å². The Morgan fingerprint density at radius 1 is 1.33 bits per heavy atom. The quantitative estimate of drug-likeness (QED) is 0.921. The lowest BCUT2D eigenvalue weighted by Crippen LogP contribution is -2.42. The highest BCUT2D eigenvalue weighted by Gasteiger charge is 2.31. The molecule has 1 aromatic heterocycles. The highest BCUT2D eigenvalue weighted by Crippen LogP contribution is 2.27. The lowest BCUT2D eigenvalue weighted by atomic mass is 9.98. The lowest BCUT2D eigenvalue weighted by molar-refractivity contribution is -0.143. The van der Waals surface area contributed by atoms with E-state index in [-0.39, 0.29) is 12.5 Å². The summed E-state index contributed by atoms with van der Waals surface area (Å²) in [4.78, 5) is 25.3. The van der Waals surface area contributed by atoms with Crippen LogP contribution in [0.15, 0.2) is 28.7 Å². The molecule has 5 heteroatoms. The number of carboxylic acids is 1. The fraction of sp³-hybridized carbons (Fsp3) is 0.375. The van der Waals surface area contributed by atoms with Crippen LogP contribution in [0, 0.1) is 12.8 Å². The van der Waals surface area contributed by atoms with Gasteiger partial charge in [0, 0.05) is 24.0 Å². The number of rotatable bonds is 2. The van der Waals surface area contributed by atoms with Gasteiger partial charge in [-0.25, -0.2) is 0 Å². The first-order chi connectivity index (χ1) is 10.1. The number of fused-ring (bicyclic) bond motifs is 1. The Labute approximate surface area is 122 Å². The van der Waals surface area contributed by atoms with Crippen LogP contribution < -0.4 is 0 Å². The van der Waals surface area contributed by atoms with Gasteiger partial charge >= 0.3 is 5.97 Å². The Hall–Kier alpha value is -2.30. The zero-order valence-corrected chi connectivity index (χ0v) is 11.8. The molecular formula is C16H17NO4. The van der Waals surface area contributed by atoms with Gasteiger partial charge in [-0.3, -0.25) is 9.59 Å². The number of carbonyl (C=O) groups is 2. The number of likely N-dealkylation sites (tertiary alicyclic amines) is 1. The molecular weight excluding hydrogens is 270 g/mol. The summed E-state index contributed by atoms with van der Waals surface area (Å²) in [5, 5.41) is 10.0. The van der Waals surface area contributed by atoms with Gasteiger partial charge in [0.05, 0.1) is 5.92 Å². The van der Waals surface area contributed by atoms with E-state index in [2.05, 4.69) is 0 Å². The molecule has 1 aliphatic rings. The number of carboxylic acid groups (broad SMARTS) is 1. The van der Waals surface area contributed by atoms with Crippen molar-refractivity contribution in [1.82, 2.24) is 4.90 Å². The van der Waals surface area contributed by atoms with Crippen molar-refractivity contribution in [3.63, 3.8) is 0 Å². The molecule has 1 amide bonds. The van der Waals surface area contributed by atoms with Gasteiger partial charge in [-0.2, -0.15) is 0 Å². The van der Waals surface area contributed by atoms with Crippen LogP contribution in [0.25, 0.3) is 11.0 Å². The summed E-state index contributed by atoms with van der Waals surface area (Å²) in [7, 11) is 0. The maximum absolute atomic E-state index is 12.6. The van der Waals surface area contributed by atoms with Crippen LogP contribution in [0.2, 0.25) is 0 Å². The summed E-state index contributed by atoms with van der Waals surface area (Å²) < 4.78 is 5.67. The highest BCUT2D eigenvalue weighted by atomic mass is 16.4. The average Bonchev–Trinajstić information content (AvgIpc) is 2.84. The summed E-state index contributed by atoms with van der Waals surface area (Å²) >= 11 is 0. The van der Waals surface area contributed by atoms with E-state index in [1.54, 1.807) is 4.90 Å². The average molecular weight is 287 g/mol. The molecule has 1 atom stereocenters. The first-order valence-electron chi connectivity index (χ1n) is 7.08. The molecule has 2 aromatic rings. The molecule has 1 aliphatic heterocycles. The molecule has 21 heavy (non-hydrogen) atoms. The van der Waals surface area contributed by atoms with E-state index in [1.807, 2.05) is 31.2 Å². The largest absolute Gasteiger partial charge is 0.481 e. The topological polar surface area (TPSA) is 70.8 Å². The number of amides is 1. The van der Waals surface area contributed by atoms with Gasteiger partial charge in [-0.05, 0) is 25.8 Å². The second-order valence-corrected chi connectivity index (χ2v) is 5.48. The first kappa shape index (κ1) is 13.7. The third-order valence-corrected chi connectivity index (χ3v) is 4.10. The van der Waals surface area contributed by atoms with E-state index >= 15 is 0 Å². The van der Waals surface area contributed by atoms with Crippen LogP contribution in [0.5, 0.6) is 0 Å². The predicted molar refractivity (Wildman–Crippen MR) is 77.2 cm³/mol. The Balaban J connectivity index is 1.90. The second-order valence-electron chi connectivity index (χ2n) is 5.48. The smallest absolute Gasteiger partial charge is 0.308 e. The maximum atomic E-state index is 12.6. The predicted octanol–water partition coefficient (Wildman–Crippen LogP) is 2.68. The Morgan fingerprint density at radius 3 is 2.81 bits per heavy atom. The number of furan rings is 1. The van der Waals surface area contributed by atoms with E-state index < -0.39 is 11.9 Å². The van der Waals surface area contributed by atoms with Gasteiger partial charge in [0.25, 0.3) is 5.91 Å². The van der Waals surface area contributed by atoms with Crippen LogP contribution in [0.4, 0.5) is 0 Å². The van der Waals surface area contributed by atoms with Crippen molar-refractivity contribution in [1.29, 1.82) is 0 Å². The number of piperidine rings is 1. The summed E-state index contributed by atoms with van der Waals surface area (Å²) in [5.74, 6) is -1.21. The number of nitrogens with zero attached hydrogens (tertiary/aromatic N) is 1. The molecule has 0 bridgehead atoms. The number of carbonyl (C=O) groups excluding carboxylic acids is 1. The molecule has 0 unspecified atom stereocenters. The third kappa shape index (κ3) is 2.39. The van der Waals surface area contributed by atoms with Crippen molar-refractivity contribution in [3.05, 3.63) is 35.6 Å². The number of benzene rings is 1. The molecule has 0 saturated carbocycles. The number of aliphatic carboxylic acids is 1. The monoisotopic (exact) mass is 287 g/mol. The van der Waals surface area contributed by atoms with Crippen molar-refractivity contribution in [2.75, 3.05) is 13.1 Å². The number of aryl methyl sites for hydroxylation is 1. The van der Waals surface area contributed by atoms with Gasteiger partial charge < -0.3 is 14.4 Å². The van der Waals surface area contributed by atoms with Crippen molar-refractivity contribution in [2.45, 2.75) is 19.8 Å². The summed E-state index contributed by atoms with van der Waals surface area (Å²) in [6, 6.07) is 7.51. The minimum absolute atomic E-state index is 0.213. The number of para-hydroxylation sites is 1. The van der Waals surface area contributed by atoms with Crippen LogP contribution in [0.1, 0.15) is 29.0 Å². The van der Waals surface area contributed by atoms with E-state index in [4.69, 9.17) is 9.52 Å². The van der Waals surface area contributed by atoms with Crippen LogP contribution in [-0.4, -0.2) is 35.0 Å². The van der Waals surface area contributed by atoms with Crippen LogP contribution in [-0.2, 0) is 4.79 Å². The van der Waals surface area contributed by atoms with Crippen LogP contribution in [0.3, 0.4) is 0 Å². The molecule has 0 radical (unpaired) electrons. The van der Waals surface area contributed by atoms with Crippen molar-refractivity contribution in [2.24, 2.45) is 5.92 Å². The SMILES string of the molecule is Cc1c(C(=O)N2CCC[C@H](C(=O)O)C2)oc2ccccc12. The zero-order chi connectivity index (χ0) is 15.0. The van der Waals surface area contributed by atoms with E-state index in [1.165, 1.54) is 0 Å². The maximum Gasteiger partial charge on any atom is 0.308 e. The molecule has 0 spiro atoms. The van der Waals surface area contributed by atoms with Crippen molar-refractivity contribution in [3.8, 4) is 0 Å². The van der Waals surface area contributed by atoms with Crippen molar-refractivity contribution < 1.29 is 19.1 Å². The standard InChI is InChI=1S/C16H17NO4/c1-10-12-6-2-3-7-13(12)21-14(10)15(18)17-8-4-5-11(9-17)16(19)20/h2-3,6-7,11H,4-5,8-9H2,1H3,(H,19,20)/t11-/m0/s1. The molecule has 2 heterocycles. The minimum Gasteiger partial charge on any atom is -0.481 e. The van der Waals surface area contributed by atoms with Gasteiger partial charge in [0.15, 0.2) is 5.76 Å². The van der Waals surface area contributed by atoms with Gasteiger partial charge in [0.1, 0.15) is 5.58 Å². The second kappa shape index (κ2) is 5.24. The molecule has 5 nitrogen and oxygen atoms in total. The molecule has 1 N–H and O–H groups in total. The lowest BCUT2D eigenvalue weighted by Gasteiger charge is -2.30. The molecule has 1 aromatic carbocycles. The normalized spacial score (nSPS) is 18.9. The zero-order valence-electron chi connectivity index (χ0n) is 11.8. The molecule has 1 fully saturated rings. The fourth-order valence-corrected chi connectivity index (χ4v) is 2.89. The van der Waals surface area contributed by atoms with E-state index in [0.29, 0.717) is 30.7 Å². The highest BCUT2D eigenvalue weighted by molar-refractivity contribution is 5.99. The third-order valence-electron chi connectivity index (χ3n) is 4.10. The molecule has 1 saturated heterocycles. The number of hydrogen-bond donors (Lipinski definition) is 1. The Kier molecular flexibility index (Phi) is 3.41. The summed E-state index contributed by atoms with van der Waals surface area (Å²) in [6.45, 7) is 2.70. The van der Waals surface area contributed by atoms with E-state index in [0.717, 1.165) is 10.9 Å².